The van der Waals surface area contributed by atoms with Gasteiger partial charge < -0.3 is 4.42 Å². The largest absolute Gasteiger partial charge is 0.455 e. The number of aromatic nitrogens is 3. The summed E-state index contributed by atoms with van der Waals surface area (Å²) in [5.74, 6) is 1.79. The van der Waals surface area contributed by atoms with Crippen LogP contribution in [-0.4, -0.2) is 15.0 Å². The smallest absolute Gasteiger partial charge is 0.167 e. The monoisotopic (exact) mass is 639 g/mol. The molecule has 0 radical (unpaired) electrons. The summed E-state index contributed by atoms with van der Waals surface area (Å²) in [5.41, 5.74) is 11.3. The molecule has 0 N–H and O–H groups in total. The Kier molecular flexibility index (Phi) is 6.36. The summed E-state index contributed by atoms with van der Waals surface area (Å²) in [6.45, 7) is 0. The topological polar surface area (TPSA) is 51.8 Å². The zero-order valence-corrected chi connectivity index (χ0v) is 27.0. The van der Waals surface area contributed by atoms with Gasteiger partial charge >= 0.3 is 0 Å². The standard InChI is InChI=1S/C46H29N3O/c1-3-14-30(15-4-1)43-47-44(49-45(48-43)38-22-13-21-37-36-20-9-12-25-41(36)50-42(37)38)31-26-28-33(29-27-31)46(32-16-5-2-6-17-32)39-23-10-7-18-34(39)35-19-8-11-24-40(35)46/h1-29H. The maximum atomic E-state index is 6.41. The van der Waals surface area contributed by atoms with E-state index in [4.69, 9.17) is 19.4 Å². The second-order valence-corrected chi connectivity index (χ2v) is 12.7. The fourth-order valence-electron chi connectivity index (χ4n) is 7.85. The van der Waals surface area contributed by atoms with Crippen molar-refractivity contribution in [3.63, 3.8) is 0 Å². The normalized spacial score (nSPS) is 13.0. The number of hydrogen-bond acceptors (Lipinski definition) is 4. The summed E-state index contributed by atoms with van der Waals surface area (Å²) < 4.78 is 6.41. The zero-order chi connectivity index (χ0) is 33.1. The summed E-state index contributed by atoms with van der Waals surface area (Å²) in [5, 5.41) is 2.11. The van der Waals surface area contributed by atoms with Crippen molar-refractivity contribution in [1.29, 1.82) is 0 Å². The Morgan fingerprint density at radius 2 is 0.860 bits per heavy atom. The van der Waals surface area contributed by atoms with Crippen molar-refractivity contribution >= 4 is 21.9 Å². The van der Waals surface area contributed by atoms with Crippen molar-refractivity contribution in [2.24, 2.45) is 0 Å². The molecular weight excluding hydrogens is 611 g/mol. The highest BCUT2D eigenvalue weighted by Gasteiger charge is 2.45. The Bertz CT molecular complexity index is 2650. The lowest BCUT2D eigenvalue weighted by atomic mass is 9.67. The Hall–Kier alpha value is -6.65. The van der Waals surface area contributed by atoms with Gasteiger partial charge in [0.05, 0.1) is 11.0 Å². The van der Waals surface area contributed by atoms with Crippen molar-refractivity contribution in [2.75, 3.05) is 0 Å². The molecule has 0 amide bonds. The summed E-state index contributed by atoms with van der Waals surface area (Å²) in [6, 6.07) is 61.6. The van der Waals surface area contributed by atoms with Crippen molar-refractivity contribution in [3.8, 4) is 45.3 Å². The van der Waals surface area contributed by atoms with Gasteiger partial charge in [-0.15, -0.1) is 0 Å². The van der Waals surface area contributed by atoms with Crippen molar-refractivity contribution in [1.82, 2.24) is 15.0 Å². The second kappa shape index (κ2) is 11.2. The number of para-hydroxylation sites is 2. The van der Waals surface area contributed by atoms with Crippen molar-refractivity contribution in [2.45, 2.75) is 5.41 Å². The molecule has 50 heavy (non-hydrogen) atoms. The van der Waals surface area contributed by atoms with E-state index in [1.165, 1.54) is 33.4 Å². The number of nitrogens with zero attached hydrogens (tertiary/aromatic N) is 3. The lowest BCUT2D eigenvalue weighted by molar-refractivity contribution is 0.669. The zero-order valence-electron chi connectivity index (χ0n) is 27.0. The lowest BCUT2D eigenvalue weighted by Crippen LogP contribution is -2.28. The van der Waals surface area contributed by atoms with Gasteiger partial charge in [0.2, 0.25) is 0 Å². The van der Waals surface area contributed by atoms with Gasteiger partial charge in [-0.25, -0.2) is 15.0 Å². The second-order valence-electron chi connectivity index (χ2n) is 12.7. The molecule has 0 atom stereocenters. The minimum atomic E-state index is -0.469. The van der Waals surface area contributed by atoms with Crippen LogP contribution in [0, 0.1) is 0 Å². The number of hydrogen-bond donors (Lipinski definition) is 0. The van der Waals surface area contributed by atoms with Crippen LogP contribution in [0.15, 0.2) is 180 Å². The molecule has 2 aromatic heterocycles. The van der Waals surface area contributed by atoms with Gasteiger partial charge in [0.15, 0.2) is 17.5 Å². The van der Waals surface area contributed by atoms with E-state index in [0.29, 0.717) is 17.5 Å². The SMILES string of the molecule is c1ccc(-c2nc(-c3ccc(C4(c5ccccc5)c5ccccc5-c5ccccc54)cc3)nc(-c3cccc4c3oc3ccccc34)n2)cc1. The first-order valence-corrected chi connectivity index (χ1v) is 16.9. The molecule has 7 aromatic carbocycles. The molecule has 0 saturated carbocycles. The molecule has 4 nitrogen and oxygen atoms in total. The summed E-state index contributed by atoms with van der Waals surface area (Å²) in [7, 11) is 0. The van der Waals surface area contributed by atoms with E-state index in [9.17, 15) is 0 Å². The van der Waals surface area contributed by atoms with E-state index in [1.54, 1.807) is 0 Å². The van der Waals surface area contributed by atoms with Crippen LogP contribution in [0.5, 0.6) is 0 Å². The van der Waals surface area contributed by atoms with E-state index in [1.807, 2.05) is 60.7 Å². The van der Waals surface area contributed by atoms with Crippen molar-refractivity contribution in [3.05, 3.63) is 198 Å². The molecule has 1 aliphatic carbocycles. The third kappa shape index (κ3) is 4.22. The maximum absolute atomic E-state index is 6.41. The van der Waals surface area contributed by atoms with Crippen LogP contribution in [0.4, 0.5) is 0 Å². The molecular formula is C46H29N3O. The van der Waals surface area contributed by atoms with Crippen LogP contribution in [0.1, 0.15) is 22.3 Å². The van der Waals surface area contributed by atoms with Gasteiger partial charge in [-0.05, 0) is 45.5 Å². The highest BCUT2D eigenvalue weighted by atomic mass is 16.3. The highest BCUT2D eigenvalue weighted by Crippen LogP contribution is 2.56. The minimum Gasteiger partial charge on any atom is -0.455 e. The molecule has 0 bridgehead atoms. The quantitative estimate of drug-likeness (QED) is 0.188. The summed E-state index contributed by atoms with van der Waals surface area (Å²) in [6.07, 6.45) is 0. The molecule has 1 aliphatic rings. The molecule has 10 rings (SSSR count). The van der Waals surface area contributed by atoms with E-state index < -0.39 is 5.41 Å². The first kappa shape index (κ1) is 28.4. The third-order valence-electron chi connectivity index (χ3n) is 10.0. The van der Waals surface area contributed by atoms with Gasteiger partial charge in [0.1, 0.15) is 11.2 Å². The molecule has 234 valence electrons. The van der Waals surface area contributed by atoms with Gasteiger partial charge in [-0.2, -0.15) is 0 Å². The highest BCUT2D eigenvalue weighted by molar-refractivity contribution is 6.09. The van der Waals surface area contributed by atoms with Crippen LogP contribution in [-0.2, 0) is 5.41 Å². The average Bonchev–Trinajstić information content (AvgIpc) is 3.73. The molecule has 9 aromatic rings. The molecule has 0 spiro atoms. The predicted molar refractivity (Wildman–Crippen MR) is 201 cm³/mol. The van der Waals surface area contributed by atoms with Crippen LogP contribution in [0.2, 0.25) is 0 Å². The van der Waals surface area contributed by atoms with Crippen LogP contribution in [0.25, 0.3) is 67.2 Å². The maximum Gasteiger partial charge on any atom is 0.167 e. The number of furan rings is 1. The van der Waals surface area contributed by atoms with Crippen molar-refractivity contribution < 1.29 is 4.42 Å². The summed E-state index contributed by atoms with van der Waals surface area (Å²) in [4.78, 5) is 15.2. The molecule has 0 aliphatic heterocycles. The average molecular weight is 640 g/mol. The Balaban J connectivity index is 1.17. The lowest BCUT2D eigenvalue weighted by Gasteiger charge is -2.34. The molecule has 0 fully saturated rings. The Morgan fingerprint density at radius 3 is 1.56 bits per heavy atom. The minimum absolute atomic E-state index is 0.469. The fourth-order valence-corrected chi connectivity index (χ4v) is 7.85. The van der Waals surface area contributed by atoms with Gasteiger partial charge in [-0.3, -0.25) is 0 Å². The van der Waals surface area contributed by atoms with E-state index in [0.717, 1.165) is 38.6 Å². The molecule has 0 saturated heterocycles. The molecule has 2 heterocycles. The predicted octanol–water partition coefficient (Wildman–Crippen LogP) is 11.1. The fraction of sp³-hybridized carbons (Fsp3) is 0.0217. The van der Waals surface area contributed by atoms with E-state index in [2.05, 4.69) is 115 Å². The van der Waals surface area contributed by atoms with Gasteiger partial charge in [0.25, 0.3) is 0 Å². The van der Waals surface area contributed by atoms with E-state index >= 15 is 0 Å². The first-order chi connectivity index (χ1) is 24.8. The molecule has 4 heteroatoms. The number of fused-ring (bicyclic) bond motifs is 6. The molecule has 0 unspecified atom stereocenters. The van der Waals surface area contributed by atoms with Gasteiger partial charge in [0, 0.05) is 21.9 Å². The third-order valence-corrected chi connectivity index (χ3v) is 10.0. The van der Waals surface area contributed by atoms with Crippen LogP contribution >= 0.6 is 0 Å². The van der Waals surface area contributed by atoms with Gasteiger partial charge in [-0.1, -0.05) is 164 Å². The first-order valence-electron chi connectivity index (χ1n) is 16.9. The number of rotatable bonds is 5. The Morgan fingerprint density at radius 1 is 0.360 bits per heavy atom. The number of benzene rings is 7. The van der Waals surface area contributed by atoms with Crippen LogP contribution < -0.4 is 0 Å². The summed E-state index contributed by atoms with van der Waals surface area (Å²) >= 11 is 0. The van der Waals surface area contributed by atoms with Crippen LogP contribution in [0.3, 0.4) is 0 Å². The Labute approximate surface area is 289 Å². The van der Waals surface area contributed by atoms with E-state index in [-0.39, 0.29) is 0 Å².